The highest BCUT2D eigenvalue weighted by Crippen LogP contribution is 2.25. The Morgan fingerprint density at radius 1 is 1.42 bits per heavy atom. The Morgan fingerprint density at radius 3 is 2.89 bits per heavy atom. The second-order valence-electron chi connectivity index (χ2n) is 5.25. The van der Waals surface area contributed by atoms with Gasteiger partial charge in [-0.1, -0.05) is 13.3 Å². The summed E-state index contributed by atoms with van der Waals surface area (Å²) < 4.78 is 5.20. The van der Waals surface area contributed by atoms with Crippen LogP contribution in [0, 0.1) is 5.92 Å². The molecule has 1 aliphatic heterocycles. The van der Waals surface area contributed by atoms with Crippen LogP contribution >= 0.6 is 0 Å². The van der Waals surface area contributed by atoms with Gasteiger partial charge >= 0.3 is 0 Å². The Labute approximate surface area is 114 Å². The zero-order valence-electron chi connectivity index (χ0n) is 11.7. The number of nitrogens with two attached hydrogens (primary N) is 1. The fourth-order valence-corrected chi connectivity index (χ4v) is 2.72. The number of likely N-dealkylation sites (tertiary alicyclic amines) is 1. The molecular weight excluding hydrogens is 240 g/mol. The Hall–Kier alpha value is -1.71. The molecule has 104 valence electrons. The standard InChI is InChI=1S/C15H22N2O2/c1-3-4-11-7-15(18)17(9-11)10-12-5-13(16)8-14(6-12)19-2/h5-6,8,11H,3-4,7,9-10,16H2,1-2H3. The molecule has 0 aliphatic carbocycles. The maximum atomic E-state index is 12.0. The van der Waals surface area contributed by atoms with E-state index in [1.807, 2.05) is 17.0 Å². The molecule has 2 N–H and O–H groups in total. The summed E-state index contributed by atoms with van der Waals surface area (Å²) in [5, 5.41) is 0. The molecule has 1 heterocycles. The van der Waals surface area contributed by atoms with Crippen LogP contribution in [0.25, 0.3) is 0 Å². The van der Waals surface area contributed by atoms with E-state index < -0.39 is 0 Å². The van der Waals surface area contributed by atoms with Gasteiger partial charge in [0.1, 0.15) is 5.75 Å². The summed E-state index contributed by atoms with van der Waals surface area (Å²) >= 11 is 0. The third-order valence-electron chi connectivity index (χ3n) is 3.59. The smallest absolute Gasteiger partial charge is 0.223 e. The topological polar surface area (TPSA) is 55.6 Å². The number of anilines is 1. The lowest BCUT2D eigenvalue weighted by Gasteiger charge is -2.17. The molecule has 1 saturated heterocycles. The fourth-order valence-electron chi connectivity index (χ4n) is 2.72. The minimum atomic E-state index is 0.250. The van der Waals surface area contributed by atoms with Crippen molar-refractivity contribution >= 4 is 11.6 Å². The zero-order chi connectivity index (χ0) is 13.8. The number of carbonyl (C=O) groups excluding carboxylic acids is 1. The predicted molar refractivity (Wildman–Crippen MR) is 75.8 cm³/mol. The van der Waals surface area contributed by atoms with Crippen LogP contribution in [0.1, 0.15) is 31.7 Å². The molecule has 4 nitrogen and oxygen atoms in total. The highest BCUT2D eigenvalue weighted by Gasteiger charge is 2.28. The Kier molecular flexibility index (Phi) is 4.30. The van der Waals surface area contributed by atoms with E-state index in [9.17, 15) is 4.79 Å². The SMILES string of the molecule is CCCC1CC(=O)N(Cc2cc(N)cc(OC)c2)C1. The maximum absolute atomic E-state index is 12.0. The van der Waals surface area contributed by atoms with Crippen LogP contribution in [0.15, 0.2) is 18.2 Å². The van der Waals surface area contributed by atoms with Crippen LogP contribution in [0.3, 0.4) is 0 Å². The van der Waals surface area contributed by atoms with Gasteiger partial charge < -0.3 is 15.4 Å². The first kappa shape index (κ1) is 13.7. The normalized spacial score (nSPS) is 18.9. The van der Waals surface area contributed by atoms with Crippen molar-refractivity contribution in [3.63, 3.8) is 0 Å². The molecule has 1 unspecified atom stereocenters. The van der Waals surface area contributed by atoms with Crippen LogP contribution in [-0.2, 0) is 11.3 Å². The molecule has 0 aromatic heterocycles. The van der Waals surface area contributed by atoms with Crippen LogP contribution in [0.5, 0.6) is 5.75 Å². The number of benzene rings is 1. The van der Waals surface area contributed by atoms with E-state index in [1.54, 1.807) is 13.2 Å². The van der Waals surface area contributed by atoms with E-state index in [1.165, 1.54) is 0 Å². The summed E-state index contributed by atoms with van der Waals surface area (Å²) in [7, 11) is 1.62. The molecule has 0 spiro atoms. The fraction of sp³-hybridized carbons (Fsp3) is 0.533. The van der Waals surface area contributed by atoms with Crippen LogP contribution in [-0.4, -0.2) is 24.5 Å². The molecule has 1 aliphatic rings. The van der Waals surface area contributed by atoms with Crippen molar-refractivity contribution in [1.29, 1.82) is 0 Å². The Balaban J connectivity index is 2.05. The summed E-state index contributed by atoms with van der Waals surface area (Å²) in [4.78, 5) is 13.9. The van der Waals surface area contributed by atoms with Gasteiger partial charge in [0.25, 0.3) is 0 Å². The van der Waals surface area contributed by atoms with Crippen molar-refractivity contribution in [2.24, 2.45) is 5.92 Å². The van der Waals surface area contributed by atoms with E-state index >= 15 is 0 Å². The van der Waals surface area contributed by atoms with E-state index in [-0.39, 0.29) is 5.91 Å². The number of nitrogen functional groups attached to an aromatic ring is 1. The van der Waals surface area contributed by atoms with E-state index in [2.05, 4.69) is 6.92 Å². The molecule has 0 bridgehead atoms. The second-order valence-corrected chi connectivity index (χ2v) is 5.25. The van der Waals surface area contributed by atoms with Crippen molar-refractivity contribution in [3.8, 4) is 5.75 Å². The summed E-state index contributed by atoms with van der Waals surface area (Å²) in [6.07, 6.45) is 2.95. The molecule has 1 aromatic carbocycles. The quantitative estimate of drug-likeness (QED) is 0.829. The van der Waals surface area contributed by atoms with Crippen molar-refractivity contribution in [2.75, 3.05) is 19.4 Å². The predicted octanol–water partition coefficient (Wildman–Crippen LogP) is 2.43. The van der Waals surface area contributed by atoms with Gasteiger partial charge in [-0.15, -0.1) is 0 Å². The van der Waals surface area contributed by atoms with Crippen molar-refractivity contribution in [1.82, 2.24) is 4.90 Å². The number of carbonyl (C=O) groups is 1. The van der Waals surface area contributed by atoms with Gasteiger partial charge in [0.2, 0.25) is 5.91 Å². The first-order valence-electron chi connectivity index (χ1n) is 6.83. The maximum Gasteiger partial charge on any atom is 0.223 e. The summed E-state index contributed by atoms with van der Waals surface area (Å²) in [5.74, 6) is 1.51. The number of hydrogen-bond acceptors (Lipinski definition) is 3. The minimum absolute atomic E-state index is 0.250. The van der Waals surface area contributed by atoms with Gasteiger partial charge in [0, 0.05) is 31.3 Å². The van der Waals surface area contributed by atoms with Crippen LogP contribution in [0.4, 0.5) is 5.69 Å². The van der Waals surface area contributed by atoms with Crippen LogP contribution in [0.2, 0.25) is 0 Å². The number of hydrogen-bond donors (Lipinski definition) is 1. The van der Waals surface area contributed by atoms with E-state index in [0.29, 0.717) is 24.6 Å². The summed E-state index contributed by atoms with van der Waals surface area (Å²) in [5.41, 5.74) is 7.54. The van der Waals surface area contributed by atoms with Gasteiger partial charge in [-0.25, -0.2) is 0 Å². The summed E-state index contributed by atoms with van der Waals surface area (Å²) in [6, 6.07) is 5.63. The van der Waals surface area contributed by atoms with Gasteiger partial charge in [-0.2, -0.15) is 0 Å². The van der Waals surface area contributed by atoms with Gasteiger partial charge in [-0.3, -0.25) is 4.79 Å². The van der Waals surface area contributed by atoms with Crippen LogP contribution < -0.4 is 10.5 Å². The van der Waals surface area contributed by atoms with Gasteiger partial charge in [-0.05, 0) is 30.0 Å². The van der Waals surface area contributed by atoms with E-state index in [0.717, 1.165) is 30.7 Å². The average molecular weight is 262 g/mol. The molecule has 2 rings (SSSR count). The molecule has 1 fully saturated rings. The van der Waals surface area contributed by atoms with Crippen molar-refractivity contribution in [3.05, 3.63) is 23.8 Å². The number of rotatable bonds is 5. The van der Waals surface area contributed by atoms with Gasteiger partial charge in [0.05, 0.1) is 7.11 Å². The lowest BCUT2D eigenvalue weighted by molar-refractivity contribution is -0.128. The molecule has 4 heteroatoms. The minimum Gasteiger partial charge on any atom is -0.497 e. The third kappa shape index (κ3) is 3.40. The zero-order valence-corrected chi connectivity index (χ0v) is 11.7. The lowest BCUT2D eigenvalue weighted by Crippen LogP contribution is -2.24. The first-order valence-corrected chi connectivity index (χ1v) is 6.83. The second kappa shape index (κ2) is 5.95. The monoisotopic (exact) mass is 262 g/mol. The number of amides is 1. The van der Waals surface area contributed by atoms with Crippen molar-refractivity contribution < 1.29 is 9.53 Å². The summed E-state index contributed by atoms with van der Waals surface area (Å²) in [6.45, 7) is 3.65. The van der Waals surface area contributed by atoms with Gasteiger partial charge in [0.15, 0.2) is 0 Å². The highest BCUT2D eigenvalue weighted by molar-refractivity contribution is 5.78. The molecule has 1 aromatic rings. The largest absolute Gasteiger partial charge is 0.497 e. The van der Waals surface area contributed by atoms with E-state index in [4.69, 9.17) is 10.5 Å². The number of methoxy groups -OCH3 is 1. The average Bonchev–Trinajstić information content (AvgIpc) is 2.69. The molecule has 1 atom stereocenters. The van der Waals surface area contributed by atoms with Crippen molar-refractivity contribution in [2.45, 2.75) is 32.7 Å². The third-order valence-corrected chi connectivity index (χ3v) is 3.59. The Bertz CT molecular complexity index is 459. The number of ether oxygens (including phenoxy) is 1. The lowest BCUT2D eigenvalue weighted by atomic mass is 10.0. The Morgan fingerprint density at radius 2 is 2.21 bits per heavy atom. The molecule has 0 radical (unpaired) electrons. The molecule has 1 amide bonds. The molecule has 0 saturated carbocycles. The molecular formula is C15H22N2O2. The highest BCUT2D eigenvalue weighted by atomic mass is 16.5. The molecule has 19 heavy (non-hydrogen) atoms. The first-order chi connectivity index (χ1) is 9.12. The number of nitrogens with zero attached hydrogens (tertiary/aromatic N) is 1.